The highest BCUT2D eigenvalue weighted by atomic mass is 32.1. The Labute approximate surface area is 159 Å². The van der Waals surface area contributed by atoms with E-state index in [0.717, 1.165) is 36.1 Å². The standard InChI is InChI=1S/C18H19N3O5S/c1-26-18(23)16-13-7-2-3-8-14(13)27-17(16)20-15(22)10-19-11-5-4-6-12(9-11)21(24)25/h4-6,9,19H,2-3,7-8,10H2,1H3,(H,20,22). The first-order valence-electron chi connectivity index (χ1n) is 8.50. The average molecular weight is 389 g/mol. The minimum atomic E-state index is -0.496. The monoisotopic (exact) mass is 389 g/mol. The Kier molecular flexibility index (Phi) is 5.70. The molecule has 1 heterocycles. The zero-order valence-corrected chi connectivity index (χ0v) is 15.6. The van der Waals surface area contributed by atoms with Crippen molar-refractivity contribution in [2.24, 2.45) is 0 Å². The molecule has 1 aliphatic rings. The van der Waals surface area contributed by atoms with Gasteiger partial charge in [0.1, 0.15) is 5.00 Å². The van der Waals surface area contributed by atoms with Crippen LogP contribution in [-0.2, 0) is 22.4 Å². The van der Waals surface area contributed by atoms with E-state index in [9.17, 15) is 19.7 Å². The summed E-state index contributed by atoms with van der Waals surface area (Å²) in [5.41, 5.74) is 1.83. The third kappa shape index (κ3) is 4.25. The van der Waals surface area contributed by atoms with Crippen molar-refractivity contribution in [1.29, 1.82) is 0 Å². The van der Waals surface area contributed by atoms with Crippen molar-refractivity contribution in [3.05, 3.63) is 50.4 Å². The number of non-ortho nitro benzene ring substituents is 1. The summed E-state index contributed by atoms with van der Waals surface area (Å²) in [6, 6.07) is 5.92. The molecule has 8 nitrogen and oxygen atoms in total. The fraction of sp³-hybridized carbons (Fsp3) is 0.333. The molecule has 1 aromatic carbocycles. The molecule has 9 heteroatoms. The SMILES string of the molecule is COC(=O)c1c(NC(=O)CNc2cccc([N+](=O)[O-])c2)sc2c1CCCC2. The molecule has 0 bridgehead atoms. The lowest BCUT2D eigenvalue weighted by Crippen LogP contribution is -2.22. The van der Waals surface area contributed by atoms with Crippen LogP contribution in [0.1, 0.15) is 33.6 Å². The summed E-state index contributed by atoms with van der Waals surface area (Å²) in [6.07, 6.45) is 3.77. The fourth-order valence-corrected chi connectivity index (χ4v) is 4.35. The van der Waals surface area contributed by atoms with Gasteiger partial charge in [-0.1, -0.05) is 6.07 Å². The highest BCUT2D eigenvalue weighted by Gasteiger charge is 2.26. The molecule has 0 fully saturated rings. The largest absolute Gasteiger partial charge is 0.465 e. The van der Waals surface area contributed by atoms with E-state index in [1.165, 1.54) is 30.6 Å². The Hall–Kier alpha value is -2.94. The Morgan fingerprint density at radius 3 is 2.81 bits per heavy atom. The van der Waals surface area contributed by atoms with Crippen LogP contribution >= 0.6 is 11.3 Å². The summed E-state index contributed by atoms with van der Waals surface area (Å²) in [4.78, 5) is 35.9. The Balaban J connectivity index is 1.71. The van der Waals surface area contributed by atoms with E-state index in [1.54, 1.807) is 12.1 Å². The van der Waals surface area contributed by atoms with E-state index >= 15 is 0 Å². The number of benzene rings is 1. The van der Waals surface area contributed by atoms with Crippen LogP contribution in [0.5, 0.6) is 0 Å². The molecule has 1 aliphatic carbocycles. The van der Waals surface area contributed by atoms with Gasteiger partial charge in [0.25, 0.3) is 5.69 Å². The van der Waals surface area contributed by atoms with E-state index in [0.29, 0.717) is 16.3 Å². The normalized spacial score (nSPS) is 12.8. The quantitative estimate of drug-likeness (QED) is 0.445. The number of nitrogens with zero attached hydrogens (tertiary/aromatic N) is 1. The molecule has 27 heavy (non-hydrogen) atoms. The number of carbonyl (C=O) groups is 2. The molecular weight excluding hydrogens is 370 g/mol. The summed E-state index contributed by atoms with van der Waals surface area (Å²) in [5.74, 6) is -0.790. The van der Waals surface area contributed by atoms with Crippen molar-refractivity contribution in [2.45, 2.75) is 25.7 Å². The number of fused-ring (bicyclic) bond motifs is 1. The number of esters is 1. The second kappa shape index (κ2) is 8.17. The average Bonchev–Trinajstić information content (AvgIpc) is 3.03. The van der Waals surface area contributed by atoms with Crippen LogP contribution in [0.25, 0.3) is 0 Å². The zero-order chi connectivity index (χ0) is 19.4. The molecule has 142 valence electrons. The molecule has 3 rings (SSSR count). The van der Waals surface area contributed by atoms with Crippen LogP contribution in [0.3, 0.4) is 0 Å². The number of nitrogens with one attached hydrogen (secondary N) is 2. The predicted molar refractivity (Wildman–Crippen MR) is 103 cm³/mol. The van der Waals surface area contributed by atoms with E-state index in [1.807, 2.05) is 0 Å². The summed E-state index contributed by atoms with van der Waals surface area (Å²) >= 11 is 1.41. The molecule has 1 aromatic heterocycles. The second-order valence-corrected chi connectivity index (χ2v) is 7.22. The summed E-state index contributed by atoms with van der Waals surface area (Å²) < 4.78 is 4.88. The van der Waals surface area contributed by atoms with Crippen LogP contribution in [0, 0.1) is 10.1 Å². The summed E-state index contributed by atoms with van der Waals surface area (Å²) in [5, 5.41) is 16.9. The number of anilines is 2. The number of nitro benzene ring substituents is 1. The van der Waals surface area contributed by atoms with E-state index in [2.05, 4.69) is 10.6 Å². The number of aryl methyl sites for hydroxylation is 1. The van der Waals surface area contributed by atoms with Gasteiger partial charge in [-0.3, -0.25) is 14.9 Å². The van der Waals surface area contributed by atoms with Gasteiger partial charge in [-0.25, -0.2) is 4.79 Å². The van der Waals surface area contributed by atoms with Gasteiger partial charge in [-0.05, 0) is 37.3 Å². The number of nitro groups is 1. The van der Waals surface area contributed by atoms with Crippen LogP contribution < -0.4 is 10.6 Å². The molecule has 0 saturated carbocycles. The van der Waals surface area contributed by atoms with Crippen molar-refractivity contribution >= 4 is 39.6 Å². The highest BCUT2D eigenvalue weighted by molar-refractivity contribution is 7.17. The number of carbonyl (C=O) groups excluding carboxylic acids is 2. The summed E-state index contributed by atoms with van der Waals surface area (Å²) in [7, 11) is 1.32. The Morgan fingerprint density at radius 2 is 2.07 bits per heavy atom. The number of ether oxygens (including phenoxy) is 1. The van der Waals surface area contributed by atoms with Gasteiger partial charge in [0, 0.05) is 22.7 Å². The van der Waals surface area contributed by atoms with E-state index in [4.69, 9.17) is 4.74 Å². The molecular formula is C18H19N3O5S. The maximum Gasteiger partial charge on any atom is 0.341 e. The number of hydrogen-bond acceptors (Lipinski definition) is 7. The Morgan fingerprint density at radius 1 is 1.30 bits per heavy atom. The predicted octanol–water partition coefficient (Wildman–Crippen LogP) is 3.37. The molecule has 0 radical (unpaired) electrons. The molecule has 2 aromatic rings. The first kappa shape index (κ1) is 18.8. The lowest BCUT2D eigenvalue weighted by molar-refractivity contribution is -0.384. The third-order valence-electron chi connectivity index (χ3n) is 4.32. The molecule has 0 saturated heterocycles. The smallest absolute Gasteiger partial charge is 0.341 e. The number of hydrogen-bond donors (Lipinski definition) is 2. The maximum absolute atomic E-state index is 12.3. The molecule has 0 unspecified atom stereocenters. The van der Waals surface area contributed by atoms with Crippen molar-refractivity contribution in [3.8, 4) is 0 Å². The van der Waals surface area contributed by atoms with E-state index < -0.39 is 10.9 Å². The first-order valence-corrected chi connectivity index (χ1v) is 9.32. The van der Waals surface area contributed by atoms with Gasteiger partial charge in [0.15, 0.2) is 0 Å². The van der Waals surface area contributed by atoms with Crippen LogP contribution in [0.15, 0.2) is 24.3 Å². The number of methoxy groups -OCH3 is 1. The van der Waals surface area contributed by atoms with Gasteiger partial charge in [0.05, 0.1) is 24.1 Å². The lowest BCUT2D eigenvalue weighted by Gasteiger charge is -2.12. The third-order valence-corrected chi connectivity index (χ3v) is 5.53. The minimum absolute atomic E-state index is 0.0562. The zero-order valence-electron chi connectivity index (χ0n) is 14.7. The first-order chi connectivity index (χ1) is 13.0. The van der Waals surface area contributed by atoms with Crippen LogP contribution in [0.4, 0.5) is 16.4 Å². The van der Waals surface area contributed by atoms with Gasteiger partial charge >= 0.3 is 5.97 Å². The maximum atomic E-state index is 12.3. The van der Waals surface area contributed by atoms with Gasteiger partial charge in [-0.15, -0.1) is 11.3 Å². The fourth-order valence-electron chi connectivity index (χ4n) is 3.05. The molecule has 0 spiro atoms. The van der Waals surface area contributed by atoms with Gasteiger partial charge in [0.2, 0.25) is 5.91 Å². The van der Waals surface area contributed by atoms with Gasteiger partial charge < -0.3 is 15.4 Å². The molecule has 0 aliphatic heterocycles. The number of rotatable bonds is 6. The topological polar surface area (TPSA) is 111 Å². The minimum Gasteiger partial charge on any atom is -0.465 e. The molecule has 1 amide bonds. The van der Waals surface area contributed by atoms with E-state index in [-0.39, 0.29) is 18.1 Å². The lowest BCUT2D eigenvalue weighted by atomic mass is 9.95. The van der Waals surface area contributed by atoms with Crippen molar-refractivity contribution in [2.75, 3.05) is 24.3 Å². The van der Waals surface area contributed by atoms with Crippen molar-refractivity contribution in [3.63, 3.8) is 0 Å². The van der Waals surface area contributed by atoms with Crippen molar-refractivity contribution in [1.82, 2.24) is 0 Å². The molecule has 0 atom stereocenters. The Bertz CT molecular complexity index is 893. The number of thiophene rings is 1. The summed E-state index contributed by atoms with van der Waals surface area (Å²) in [6.45, 7) is -0.0790. The number of amides is 1. The second-order valence-electron chi connectivity index (χ2n) is 6.12. The van der Waals surface area contributed by atoms with Crippen molar-refractivity contribution < 1.29 is 19.2 Å². The van der Waals surface area contributed by atoms with Crippen LogP contribution in [0.2, 0.25) is 0 Å². The van der Waals surface area contributed by atoms with Gasteiger partial charge in [-0.2, -0.15) is 0 Å². The highest BCUT2D eigenvalue weighted by Crippen LogP contribution is 2.38. The molecule has 2 N–H and O–H groups in total. The van der Waals surface area contributed by atoms with Crippen LogP contribution in [-0.4, -0.2) is 30.5 Å².